The van der Waals surface area contributed by atoms with Gasteiger partial charge in [-0.15, -0.1) is 0 Å². The van der Waals surface area contributed by atoms with Gasteiger partial charge in [-0.3, -0.25) is 0 Å². The summed E-state index contributed by atoms with van der Waals surface area (Å²) in [5.41, 5.74) is 4.68. The summed E-state index contributed by atoms with van der Waals surface area (Å²) in [6.07, 6.45) is 5.45. The molecule has 1 fully saturated rings. The van der Waals surface area contributed by atoms with Crippen molar-refractivity contribution < 1.29 is 0 Å². The second kappa shape index (κ2) is 3.76. The lowest BCUT2D eigenvalue weighted by Gasteiger charge is -2.21. The Kier molecular flexibility index (Phi) is 2.38. The van der Waals surface area contributed by atoms with Crippen LogP contribution in [0.15, 0.2) is 36.4 Å². The third-order valence-electron chi connectivity index (χ3n) is 4.57. The van der Waals surface area contributed by atoms with Crippen LogP contribution in [0, 0.1) is 5.92 Å². The molecule has 0 spiro atoms. The first-order valence-electron chi connectivity index (χ1n) is 6.50. The molecule has 2 aliphatic carbocycles. The Morgan fingerprint density at radius 2 is 1.75 bits per heavy atom. The number of hydrogen-bond donors (Lipinski definition) is 0. The lowest BCUT2D eigenvalue weighted by Crippen LogP contribution is -2.06. The first-order chi connectivity index (χ1) is 7.75. The quantitative estimate of drug-likeness (QED) is 0.595. The molecule has 0 N–H and O–H groups in total. The SMILES string of the molecule is C=C(C)[C@@H]1CC[C@H]2C[C@@H](C1)c1ccccc12. The minimum Gasteiger partial charge on any atom is -0.0999 e. The molecule has 2 bridgehead atoms. The van der Waals surface area contributed by atoms with Crippen molar-refractivity contribution in [1.82, 2.24) is 0 Å². The molecule has 0 amide bonds. The van der Waals surface area contributed by atoms with Crippen LogP contribution in [-0.4, -0.2) is 0 Å². The van der Waals surface area contributed by atoms with Crippen molar-refractivity contribution >= 4 is 0 Å². The van der Waals surface area contributed by atoms with Gasteiger partial charge in [0.2, 0.25) is 0 Å². The van der Waals surface area contributed by atoms with Gasteiger partial charge in [0.1, 0.15) is 0 Å². The average Bonchev–Trinajstić information content (AvgIpc) is 2.47. The van der Waals surface area contributed by atoms with Gasteiger partial charge in [-0.2, -0.15) is 0 Å². The largest absolute Gasteiger partial charge is 0.0999 e. The summed E-state index contributed by atoms with van der Waals surface area (Å²) in [5, 5.41) is 0. The summed E-state index contributed by atoms with van der Waals surface area (Å²) in [6, 6.07) is 9.10. The molecule has 0 nitrogen and oxygen atoms in total. The smallest absolute Gasteiger partial charge is 0.0148 e. The van der Waals surface area contributed by atoms with E-state index in [2.05, 4.69) is 37.8 Å². The summed E-state index contributed by atoms with van der Waals surface area (Å²) in [7, 11) is 0. The highest BCUT2D eigenvalue weighted by Crippen LogP contribution is 2.51. The van der Waals surface area contributed by atoms with Crippen LogP contribution in [0.3, 0.4) is 0 Å². The third kappa shape index (κ3) is 1.52. The maximum atomic E-state index is 4.16. The molecule has 0 heterocycles. The molecule has 0 aliphatic heterocycles. The van der Waals surface area contributed by atoms with Crippen molar-refractivity contribution in [2.75, 3.05) is 0 Å². The highest BCUT2D eigenvalue weighted by Gasteiger charge is 2.35. The molecular weight excluding hydrogens is 192 g/mol. The molecular formula is C16H20. The van der Waals surface area contributed by atoms with Crippen LogP contribution in [0.2, 0.25) is 0 Å². The van der Waals surface area contributed by atoms with E-state index in [1.165, 1.54) is 31.3 Å². The molecule has 0 aromatic heterocycles. The molecule has 84 valence electrons. The standard InChI is InChI=1S/C16H20/c1-11(2)12-7-8-13-10-14(9-12)16-6-4-3-5-15(13)16/h3-6,12-14H,1,7-10H2,2H3/t12-,13+,14-/m1/s1. The fourth-order valence-electron chi connectivity index (χ4n) is 3.66. The van der Waals surface area contributed by atoms with Gasteiger partial charge in [0.05, 0.1) is 0 Å². The molecule has 3 rings (SSSR count). The van der Waals surface area contributed by atoms with Crippen LogP contribution in [0.5, 0.6) is 0 Å². The van der Waals surface area contributed by atoms with Crippen LogP contribution < -0.4 is 0 Å². The fourth-order valence-corrected chi connectivity index (χ4v) is 3.66. The van der Waals surface area contributed by atoms with Crippen LogP contribution in [0.25, 0.3) is 0 Å². The lowest BCUT2D eigenvalue weighted by molar-refractivity contribution is 0.491. The zero-order valence-corrected chi connectivity index (χ0v) is 10.1. The summed E-state index contributed by atoms with van der Waals surface area (Å²) in [6.45, 7) is 6.36. The minimum atomic E-state index is 0.767. The van der Waals surface area contributed by atoms with E-state index < -0.39 is 0 Å². The second-order valence-electron chi connectivity index (χ2n) is 5.61. The zero-order chi connectivity index (χ0) is 11.1. The zero-order valence-electron chi connectivity index (χ0n) is 10.1. The van der Waals surface area contributed by atoms with Gasteiger partial charge < -0.3 is 0 Å². The Morgan fingerprint density at radius 1 is 1.06 bits per heavy atom. The van der Waals surface area contributed by atoms with Crippen LogP contribution in [0.4, 0.5) is 0 Å². The average molecular weight is 212 g/mol. The molecule has 16 heavy (non-hydrogen) atoms. The van der Waals surface area contributed by atoms with E-state index in [-0.39, 0.29) is 0 Å². The number of rotatable bonds is 1. The Labute approximate surface area is 98.4 Å². The second-order valence-corrected chi connectivity index (χ2v) is 5.61. The van der Waals surface area contributed by atoms with Crippen LogP contribution >= 0.6 is 0 Å². The first kappa shape index (κ1) is 10.1. The van der Waals surface area contributed by atoms with E-state index in [0.717, 1.165) is 17.8 Å². The van der Waals surface area contributed by atoms with E-state index in [0.29, 0.717) is 0 Å². The van der Waals surface area contributed by atoms with Crippen molar-refractivity contribution in [2.45, 2.75) is 44.4 Å². The van der Waals surface area contributed by atoms with Crippen molar-refractivity contribution in [3.63, 3.8) is 0 Å². The normalized spacial score (nSPS) is 31.9. The number of hydrogen-bond acceptors (Lipinski definition) is 0. The van der Waals surface area contributed by atoms with Gasteiger partial charge in [0.25, 0.3) is 0 Å². The van der Waals surface area contributed by atoms with E-state index in [1.54, 1.807) is 11.1 Å². The number of benzene rings is 1. The van der Waals surface area contributed by atoms with Crippen molar-refractivity contribution in [3.8, 4) is 0 Å². The predicted molar refractivity (Wildman–Crippen MR) is 68.7 cm³/mol. The number of allylic oxidation sites excluding steroid dienone is 1. The Hall–Kier alpha value is -1.04. The summed E-state index contributed by atoms with van der Waals surface area (Å²) < 4.78 is 0. The monoisotopic (exact) mass is 212 g/mol. The van der Waals surface area contributed by atoms with Gasteiger partial charge in [0, 0.05) is 0 Å². The maximum Gasteiger partial charge on any atom is -0.0148 e. The molecule has 1 aromatic rings. The Balaban J connectivity index is 1.95. The van der Waals surface area contributed by atoms with E-state index in [4.69, 9.17) is 0 Å². The van der Waals surface area contributed by atoms with Crippen molar-refractivity contribution in [1.29, 1.82) is 0 Å². The molecule has 0 heteroatoms. The molecule has 0 unspecified atom stereocenters. The highest BCUT2D eigenvalue weighted by molar-refractivity contribution is 5.39. The highest BCUT2D eigenvalue weighted by atomic mass is 14.4. The molecule has 1 aromatic carbocycles. The maximum absolute atomic E-state index is 4.16. The van der Waals surface area contributed by atoms with E-state index >= 15 is 0 Å². The number of fused-ring (bicyclic) bond motifs is 5. The van der Waals surface area contributed by atoms with Gasteiger partial charge in [-0.05, 0) is 61.5 Å². The van der Waals surface area contributed by atoms with Crippen LogP contribution in [0.1, 0.15) is 55.6 Å². The van der Waals surface area contributed by atoms with Gasteiger partial charge in [-0.25, -0.2) is 0 Å². The fraction of sp³-hybridized carbons (Fsp3) is 0.500. The van der Waals surface area contributed by atoms with Crippen LogP contribution in [-0.2, 0) is 0 Å². The summed E-state index contributed by atoms with van der Waals surface area (Å²) in [5.74, 6) is 2.42. The first-order valence-corrected chi connectivity index (χ1v) is 6.50. The molecule has 0 radical (unpaired) electrons. The Bertz CT molecular complexity index is 416. The third-order valence-corrected chi connectivity index (χ3v) is 4.57. The predicted octanol–water partition coefficient (Wildman–Crippen LogP) is 4.63. The minimum absolute atomic E-state index is 0.767. The van der Waals surface area contributed by atoms with Gasteiger partial charge in [0.15, 0.2) is 0 Å². The van der Waals surface area contributed by atoms with E-state index in [1.807, 2.05) is 0 Å². The van der Waals surface area contributed by atoms with Gasteiger partial charge >= 0.3 is 0 Å². The topological polar surface area (TPSA) is 0 Å². The van der Waals surface area contributed by atoms with Crippen molar-refractivity contribution in [3.05, 3.63) is 47.5 Å². The Morgan fingerprint density at radius 3 is 2.44 bits per heavy atom. The summed E-state index contributed by atoms with van der Waals surface area (Å²) >= 11 is 0. The molecule has 0 saturated heterocycles. The molecule has 3 atom stereocenters. The van der Waals surface area contributed by atoms with Crippen molar-refractivity contribution in [2.24, 2.45) is 5.92 Å². The molecule has 1 saturated carbocycles. The summed E-state index contributed by atoms with van der Waals surface area (Å²) in [4.78, 5) is 0. The van der Waals surface area contributed by atoms with E-state index in [9.17, 15) is 0 Å². The lowest BCUT2D eigenvalue weighted by atomic mass is 9.84. The van der Waals surface area contributed by atoms with Gasteiger partial charge in [-0.1, -0.05) is 36.4 Å². The molecule has 2 aliphatic rings.